The fraction of sp³-hybridized carbons (Fsp3) is 0.250. The van der Waals surface area contributed by atoms with Gasteiger partial charge in [-0.2, -0.15) is 0 Å². The van der Waals surface area contributed by atoms with E-state index in [2.05, 4.69) is 10.6 Å². The van der Waals surface area contributed by atoms with E-state index >= 15 is 0 Å². The van der Waals surface area contributed by atoms with Gasteiger partial charge in [-0.1, -0.05) is 30.3 Å². The minimum absolute atomic E-state index is 0.193. The molecule has 2 aliphatic heterocycles. The van der Waals surface area contributed by atoms with Gasteiger partial charge in [0.1, 0.15) is 11.2 Å². The summed E-state index contributed by atoms with van der Waals surface area (Å²) in [6.07, 6.45) is 0.417. The van der Waals surface area contributed by atoms with Crippen LogP contribution < -0.4 is 16.4 Å². The van der Waals surface area contributed by atoms with E-state index in [1.165, 1.54) is 12.1 Å². The molecule has 2 aliphatic rings. The molecule has 4 rings (SSSR count). The van der Waals surface area contributed by atoms with Gasteiger partial charge >= 0.3 is 6.03 Å². The summed E-state index contributed by atoms with van der Waals surface area (Å²) in [4.78, 5) is 38.5. The standard InChI is InChI=1S/C20H19FN4O3/c21-13-7-5-12(6-8-13)17-20(9-10-25(17)16(26)11-23-19(22)28)14-3-1-2-4-15(14)24-18(20)27/h1-8,17H,9-11H2,(H,24,27)(H3,22,23,28)/t17-,20+/m0/s1. The third-order valence-electron chi connectivity index (χ3n) is 5.51. The van der Waals surface area contributed by atoms with Crippen LogP contribution in [0.25, 0.3) is 0 Å². The molecule has 0 bridgehead atoms. The maximum Gasteiger partial charge on any atom is 0.312 e. The van der Waals surface area contributed by atoms with Crippen LogP contribution in [0.5, 0.6) is 0 Å². The van der Waals surface area contributed by atoms with Crippen molar-refractivity contribution in [2.75, 3.05) is 18.4 Å². The van der Waals surface area contributed by atoms with E-state index in [4.69, 9.17) is 5.73 Å². The van der Waals surface area contributed by atoms with E-state index in [0.29, 0.717) is 24.2 Å². The summed E-state index contributed by atoms with van der Waals surface area (Å²) < 4.78 is 13.5. The Morgan fingerprint density at radius 2 is 1.93 bits per heavy atom. The summed E-state index contributed by atoms with van der Waals surface area (Å²) in [7, 11) is 0. The topological polar surface area (TPSA) is 105 Å². The number of carbonyl (C=O) groups excluding carboxylic acids is 3. The Balaban J connectivity index is 1.81. The lowest BCUT2D eigenvalue weighted by Crippen LogP contribution is -2.46. The number of nitrogens with two attached hydrogens (primary N) is 1. The first-order chi connectivity index (χ1) is 13.4. The van der Waals surface area contributed by atoms with Crippen LogP contribution in [-0.4, -0.2) is 35.8 Å². The van der Waals surface area contributed by atoms with Crippen molar-refractivity contribution in [3.05, 3.63) is 65.5 Å². The molecular formula is C20H19FN4O3. The molecule has 8 heteroatoms. The zero-order valence-corrected chi connectivity index (χ0v) is 14.9. The molecule has 0 aliphatic carbocycles. The van der Waals surface area contributed by atoms with Crippen molar-refractivity contribution >= 4 is 23.5 Å². The van der Waals surface area contributed by atoms with E-state index in [1.807, 2.05) is 24.3 Å². The first-order valence-corrected chi connectivity index (χ1v) is 8.92. The molecular weight excluding hydrogens is 363 g/mol. The van der Waals surface area contributed by atoms with Crippen molar-refractivity contribution in [1.82, 2.24) is 10.2 Å². The second-order valence-corrected chi connectivity index (χ2v) is 6.98. The smallest absolute Gasteiger partial charge is 0.312 e. The number of amides is 4. The molecule has 2 atom stereocenters. The van der Waals surface area contributed by atoms with E-state index in [9.17, 15) is 18.8 Å². The molecule has 4 N–H and O–H groups in total. The number of anilines is 1. The van der Waals surface area contributed by atoms with Gasteiger partial charge in [0.05, 0.1) is 12.6 Å². The van der Waals surface area contributed by atoms with Crippen LogP contribution in [0.15, 0.2) is 48.5 Å². The number of benzene rings is 2. The minimum atomic E-state index is -0.975. The predicted molar refractivity (Wildman–Crippen MR) is 99.8 cm³/mol. The lowest BCUT2D eigenvalue weighted by molar-refractivity contribution is -0.132. The van der Waals surface area contributed by atoms with Gasteiger partial charge in [0.2, 0.25) is 11.8 Å². The summed E-state index contributed by atoms with van der Waals surface area (Å²) in [5.74, 6) is -0.955. The molecule has 0 radical (unpaired) electrons. The van der Waals surface area contributed by atoms with Gasteiger partial charge in [0.25, 0.3) is 0 Å². The Morgan fingerprint density at radius 3 is 2.64 bits per heavy atom. The van der Waals surface area contributed by atoms with Crippen LogP contribution in [0.1, 0.15) is 23.6 Å². The molecule has 2 aromatic rings. The van der Waals surface area contributed by atoms with Crippen molar-refractivity contribution < 1.29 is 18.8 Å². The van der Waals surface area contributed by atoms with Crippen LogP contribution in [0, 0.1) is 5.82 Å². The van der Waals surface area contributed by atoms with Crippen molar-refractivity contribution in [3.63, 3.8) is 0 Å². The highest BCUT2D eigenvalue weighted by Gasteiger charge is 2.59. The molecule has 0 aromatic heterocycles. The van der Waals surface area contributed by atoms with E-state index in [0.717, 1.165) is 5.56 Å². The fourth-order valence-electron chi connectivity index (χ4n) is 4.33. The quantitative estimate of drug-likeness (QED) is 0.752. The number of carbonyl (C=O) groups is 3. The summed E-state index contributed by atoms with van der Waals surface area (Å²) >= 11 is 0. The van der Waals surface area contributed by atoms with Crippen LogP contribution in [-0.2, 0) is 15.0 Å². The Morgan fingerprint density at radius 1 is 1.21 bits per heavy atom. The molecule has 1 saturated heterocycles. The van der Waals surface area contributed by atoms with Crippen molar-refractivity contribution in [2.45, 2.75) is 17.9 Å². The third-order valence-corrected chi connectivity index (χ3v) is 5.51. The molecule has 2 heterocycles. The largest absolute Gasteiger partial charge is 0.352 e. The summed E-state index contributed by atoms with van der Waals surface area (Å²) in [6, 6.07) is 11.7. The Hall–Kier alpha value is -3.42. The number of rotatable bonds is 3. The minimum Gasteiger partial charge on any atom is -0.352 e. The number of halogens is 1. The van der Waals surface area contributed by atoms with Crippen LogP contribution >= 0.6 is 0 Å². The number of hydrogen-bond acceptors (Lipinski definition) is 3. The van der Waals surface area contributed by atoms with Crippen molar-refractivity contribution in [1.29, 1.82) is 0 Å². The average molecular weight is 382 g/mol. The van der Waals surface area contributed by atoms with Crippen molar-refractivity contribution in [2.24, 2.45) is 5.73 Å². The molecule has 144 valence electrons. The van der Waals surface area contributed by atoms with Gasteiger partial charge in [-0.15, -0.1) is 0 Å². The van der Waals surface area contributed by atoms with Crippen LogP contribution in [0.4, 0.5) is 14.9 Å². The summed E-state index contributed by atoms with van der Waals surface area (Å²) in [5, 5.41) is 5.21. The SMILES string of the molecule is NC(=O)NCC(=O)N1CC[C@]2(C(=O)Nc3ccccc32)[C@@H]1c1ccc(F)cc1. The van der Waals surface area contributed by atoms with Crippen LogP contribution in [0.3, 0.4) is 0 Å². The van der Waals surface area contributed by atoms with E-state index < -0.39 is 23.3 Å². The maximum atomic E-state index is 13.5. The zero-order valence-electron chi connectivity index (χ0n) is 14.9. The number of nitrogens with one attached hydrogen (secondary N) is 2. The highest BCUT2D eigenvalue weighted by Crippen LogP contribution is 2.54. The molecule has 28 heavy (non-hydrogen) atoms. The molecule has 1 spiro atoms. The maximum absolute atomic E-state index is 13.5. The van der Waals surface area contributed by atoms with Gasteiger partial charge in [0, 0.05) is 12.2 Å². The lowest BCUT2D eigenvalue weighted by Gasteiger charge is -2.34. The fourth-order valence-corrected chi connectivity index (χ4v) is 4.33. The zero-order chi connectivity index (χ0) is 19.9. The Labute approximate surface area is 160 Å². The summed E-state index contributed by atoms with van der Waals surface area (Å²) in [5.41, 5.74) is 6.28. The Kier molecular flexibility index (Phi) is 4.26. The second kappa shape index (κ2) is 6.63. The summed E-state index contributed by atoms with van der Waals surface area (Å²) in [6.45, 7) is 0.0510. The molecule has 2 aromatic carbocycles. The molecule has 4 amide bonds. The molecule has 0 unspecified atom stereocenters. The highest BCUT2D eigenvalue weighted by molar-refractivity contribution is 6.07. The number of urea groups is 1. The number of likely N-dealkylation sites (tertiary alicyclic amines) is 1. The highest BCUT2D eigenvalue weighted by atomic mass is 19.1. The van der Waals surface area contributed by atoms with E-state index in [-0.39, 0.29) is 18.4 Å². The monoisotopic (exact) mass is 382 g/mol. The molecule has 7 nitrogen and oxygen atoms in total. The normalized spacial score (nSPS) is 22.8. The van der Waals surface area contributed by atoms with Gasteiger partial charge in [-0.05, 0) is 35.7 Å². The lowest BCUT2D eigenvalue weighted by atomic mass is 9.72. The second-order valence-electron chi connectivity index (χ2n) is 6.98. The van der Waals surface area contributed by atoms with Gasteiger partial charge < -0.3 is 21.3 Å². The molecule has 0 saturated carbocycles. The number of fused-ring (bicyclic) bond motifs is 2. The number of para-hydroxylation sites is 1. The predicted octanol–water partition coefficient (Wildman–Crippen LogP) is 1.66. The Bertz CT molecular complexity index is 962. The molecule has 1 fully saturated rings. The number of hydrogen-bond donors (Lipinski definition) is 3. The number of primary amides is 1. The first-order valence-electron chi connectivity index (χ1n) is 8.92. The van der Waals surface area contributed by atoms with Gasteiger partial charge in [-0.25, -0.2) is 9.18 Å². The third kappa shape index (κ3) is 2.69. The average Bonchev–Trinajstić information content (AvgIpc) is 3.21. The van der Waals surface area contributed by atoms with Crippen LogP contribution in [0.2, 0.25) is 0 Å². The van der Waals surface area contributed by atoms with Crippen molar-refractivity contribution in [3.8, 4) is 0 Å². The van der Waals surface area contributed by atoms with E-state index in [1.54, 1.807) is 17.0 Å². The number of nitrogens with zero attached hydrogens (tertiary/aromatic N) is 1. The van der Waals surface area contributed by atoms with Gasteiger partial charge in [-0.3, -0.25) is 9.59 Å². The van der Waals surface area contributed by atoms with Gasteiger partial charge in [0.15, 0.2) is 0 Å². The first kappa shape index (κ1) is 18.0.